The summed E-state index contributed by atoms with van der Waals surface area (Å²) in [4.78, 5) is 14.5. The molecule has 1 heterocycles. The van der Waals surface area contributed by atoms with Crippen LogP contribution in [0.2, 0.25) is 0 Å². The minimum Gasteiger partial charge on any atom is -0.336 e. The summed E-state index contributed by atoms with van der Waals surface area (Å²) in [6, 6.07) is 0.399. The Hall–Kier alpha value is -0.570. The molecule has 0 aromatic heterocycles. The number of carbonyl (C=O) groups is 1. The Labute approximate surface area is 105 Å². The molecule has 98 valence electrons. The first kappa shape index (κ1) is 12.9. The van der Waals surface area contributed by atoms with E-state index in [4.69, 9.17) is 0 Å². The van der Waals surface area contributed by atoms with Crippen LogP contribution in [0.1, 0.15) is 47.0 Å². The summed E-state index contributed by atoms with van der Waals surface area (Å²) in [5.74, 6) is 1.40. The zero-order valence-corrected chi connectivity index (χ0v) is 11.6. The van der Waals surface area contributed by atoms with Crippen molar-refractivity contribution in [3.63, 3.8) is 0 Å². The molecule has 0 spiro atoms. The molecule has 17 heavy (non-hydrogen) atoms. The Morgan fingerprint density at radius 1 is 1.41 bits per heavy atom. The molecule has 1 aliphatic carbocycles. The van der Waals surface area contributed by atoms with Crippen molar-refractivity contribution in [2.24, 2.45) is 11.8 Å². The van der Waals surface area contributed by atoms with Crippen LogP contribution in [0.4, 0.5) is 0 Å². The van der Waals surface area contributed by atoms with Crippen molar-refractivity contribution in [1.82, 2.24) is 10.2 Å². The van der Waals surface area contributed by atoms with Gasteiger partial charge in [-0.2, -0.15) is 0 Å². The van der Waals surface area contributed by atoms with Gasteiger partial charge in [0.05, 0.1) is 0 Å². The Balaban J connectivity index is 2.05. The Bertz CT molecular complexity index is 295. The second-order valence-electron chi connectivity index (χ2n) is 6.79. The van der Waals surface area contributed by atoms with E-state index in [1.807, 2.05) is 0 Å². The summed E-state index contributed by atoms with van der Waals surface area (Å²) in [5, 5.41) is 3.56. The zero-order chi connectivity index (χ0) is 12.6. The molecule has 3 heteroatoms. The summed E-state index contributed by atoms with van der Waals surface area (Å²) in [6.45, 7) is 10.7. The molecule has 3 nitrogen and oxygen atoms in total. The molecule has 0 aromatic rings. The van der Waals surface area contributed by atoms with E-state index < -0.39 is 0 Å². The predicted octanol–water partition coefficient (Wildman–Crippen LogP) is 2.02. The van der Waals surface area contributed by atoms with E-state index in [0.717, 1.165) is 32.4 Å². The predicted molar refractivity (Wildman–Crippen MR) is 69.8 cm³/mol. The lowest BCUT2D eigenvalue weighted by molar-refractivity contribution is -0.138. The van der Waals surface area contributed by atoms with E-state index in [0.29, 0.717) is 23.8 Å². The highest BCUT2D eigenvalue weighted by molar-refractivity contribution is 5.81. The molecule has 1 atom stereocenters. The van der Waals surface area contributed by atoms with Gasteiger partial charge in [0.1, 0.15) is 0 Å². The number of nitrogens with one attached hydrogen (secondary N) is 1. The van der Waals surface area contributed by atoms with Gasteiger partial charge in [0.2, 0.25) is 5.91 Å². The number of hydrogen-bond donors (Lipinski definition) is 1. The topological polar surface area (TPSA) is 32.3 Å². The Kier molecular flexibility index (Phi) is 3.48. The molecule has 2 aliphatic rings. The first-order valence-corrected chi connectivity index (χ1v) is 6.94. The third kappa shape index (κ3) is 3.21. The minimum absolute atomic E-state index is 0.0675. The summed E-state index contributed by atoms with van der Waals surface area (Å²) < 4.78 is 0. The van der Waals surface area contributed by atoms with Gasteiger partial charge in [-0.25, -0.2) is 0 Å². The molecule has 1 N–H and O–H groups in total. The third-order valence-corrected chi connectivity index (χ3v) is 3.78. The van der Waals surface area contributed by atoms with Crippen LogP contribution < -0.4 is 5.32 Å². The average Bonchev–Trinajstić information content (AvgIpc) is 3.02. The van der Waals surface area contributed by atoms with Crippen molar-refractivity contribution in [3.8, 4) is 0 Å². The standard InChI is InChI=1S/C14H26N2O/c1-10(2)7-12-8-15-14(3,4)9-16(12)13(17)11-5-6-11/h10-12,15H,5-9H2,1-4H3. The van der Waals surface area contributed by atoms with Gasteiger partial charge in [-0.3, -0.25) is 4.79 Å². The Morgan fingerprint density at radius 2 is 2.06 bits per heavy atom. The normalized spacial score (nSPS) is 28.5. The van der Waals surface area contributed by atoms with Crippen LogP contribution in [0, 0.1) is 11.8 Å². The average molecular weight is 238 g/mol. The summed E-state index contributed by atoms with van der Waals surface area (Å²) in [5.41, 5.74) is 0.0675. The van der Waals surface area contributed by atoms with Gasteiger partial charge in [0.25, 0.3) is 0 Å². The van der Waals surface area contributed by atoms with E-state index >= 15 is 0 Å². The lowest BCUT2D eigenvalue weighted by Crippen LogP contribution is -2.63. The lowest BCUT2D eigenvalue weighted by Gasteiger charge is -2.45. The SMILES string of the molecule is CC(C)CC1CNC(C)(C)CN1C(=O)C1CC1. The summed E-state index contributed by atoms with van der Waals surface area (Å²) in [7, 11) is 0. The molecule has 0 radical (unpaired) electrons. The van der Waals surface area contributed by atoms with Gasteiger partial charge in [-0.1, -0.05) is 13.8 Å². The molecular weight excluding hydrogens is 212 g/mol. The number of amides is 1. The molecule has 1 amide bonds. The summed E-state index contributed by atoms with van der Waals surface area (Å²) in [6.07, 6.45) is 3.33. The van der Waals surface area contributed by atoms with Gasteiger partial charge in [0.15, 0.2) is 0 Å². The summed E-state index contributed by atoms with van der Waals surface area (Å²) >= 11 is 0. The minimum atomic E-state index is 0.0675. The number of hydrogen-bond acceptors (Lipinski definition) is 2. The molecule has 2 fully saturated rings. The maximum atomic E-state index is 12.3. The maximum Gasteiger partial charge on any atom is 0.226 e. The first-order chi connectivity index (χ1) is 7.89. The van der Waals surface area contributed by atoms with Crippen LogP contribution in [0.25, 0.3) is 0 Å². The molecule has 1 saturated carbocycles. The van der Waals surface area contributed by atoms with Gasteiger partial charge in [-0.05, 0) is 39.0 Å². The van der Waals surface area contributed by atoms with Gasteiger partial charge in [0, 0.05) is 30.6 Å². The van der Waals surface area contributed by atoms with E-state index in [1.165, 1.54) is 0 Å². The van der Waals surface area contributed by atoms with Gasteiger partial charge >= 0.3 is 0 Å². The van der Waals surface area contributed by atoms with Crippen molar-refractivity contribution in [1.29, 1.82) is 0 Å². The molecule has 1 aliphatic heterocycles. The van der Waals surface area contributed by atoms with E-state index in [1.54, 1.807) is 0 Å². The van der Waals surface area contributed by atoms with Crippen molar-refractivity contribution >= 4 is 5.91 Å². The van der Waals surface area contributed by atoms with Crippen LogP contribution in [-0.4, -0.2) is 35.5 Å². The van der Waals surface area contributed by atoms with Crippen LogP contribution in [-0.2, 0) is 4.79 Å². The second kappa shape index (κ2) is 4.60. The fourth-order valence-corrected chi connectivity index (χ4v) is 2.69. The van der Waals surface area contributed by atoms with Gasteiger partial charge < -0.3 is 10.2 Å². The number of carbonyl (C=O) groups excluding carboxylic acids is 1. The number of rotatable bonds is 3. The Morgan fingerprint density at radius 3 is 2.59 bits per heavy atom. The maximum absolute atomic E-state index is 12.3. The molecule has 0 aromatic carbocycles. The smallest absolute Gasteiger partial charge is 0.226 e. The van der Waals surface area contributed by atoms with Crippen molar-refractivity contribution in [3.05, 3.63) is 0 Å². The molecular formula is C14H26N2O. The fraction of sp³-hybridized carbons (Fsp3) is 0.929. The fourth-order valence-electron chi connectivity index (χ4n) is 2.69. The number of nitrogens with zero attached hydrogens (tertiary/aromatic N) is 1. The molecule has 2 rings (SSSR count). The quantitative estimate of drug-likeness (QED) is 0.816. The highest BCUT2D eigenvalue weighted by atomic mass is 16.2. The van der Waals surface area contributed by atoms with E-state index in [9.17, 15) is 4.79 Å². The van der Waals surface area contributed by atoms with Crippen LogP contribution in [0.15, 0.2) is 0 Å². The lowest BCUT2D eigenvalue weighted by atomic mass is 9.93. The van der Waals surface area contributed by atoms with Crippen LogP contribution >= 0.6 is 0 Å². The largest absolute Gasteiger partial charge is 0.336 e. The van der Waals surface area contributed by atoms with E-state index in [-0.39, 0.29) is 5.54 Å². The third-order valence-electron chi connectivity index (χ3n) is 3.78. The molecule has 0 bridgehead atoms. The number of piperazine rings is 1. The van der Waals surface area contributed by atoms with Gasteiger partial charge in [-0.15, -0.1) is 0 Å². The van der Waals surface area contributed by atoms with Crippen LogP contribution in [0.5, 0.6) is 0 Å². The molecule has 1 saturated heterocycles. The molecule has 1 unspecified atom stereocenters. The highest BCUT2D eigenvalue weighted by Crippen LogP contribution is 2.33. The second-order valence-corrected chi connectivity index (χ2v) is 6.79. The monoisotopic (exact) mass is 238 g/mol. The zero-order valence-electron chi connectivity index (χ0n) is 11.6. The van der Waals surface area contributed by atoms with Crippen molar-refractivity contribution in [2.75, 3.05) is 13.1 Å². The van der Waals surface area contributed by atoms with Crippen LogP contribution in [0.3, 0.4) is 0 Å². The van der Waals surface area contributed by atoms with E-state index in [2.05, 4.69) is 37.9 Å². The van der Waals surface area contributed by atoms with Crippen molar-refractivity contribution < 1.29 is 4.79 Å². The highest BCUT2D eigenvalue weighted by Gasteiger charge is 2.41. The first-order valence-electron chi connectivity index (χ1n) is 6.94. The van der Waals surface area contributed by atoms with Crippen molar-refractivity contribution in [2.45, 2.75) is 58.5 Å².